The smallest absolute Gasteiger partial charge is 0.258 e. The van der Waals surface area contributed by atoms with Gasteiger partial charge < -0.3 is 0 Å². The lowest BCUT2D eigenvalue weighted by Gasteiger charge is -2.17. The van der Waals surface area contributed by atoms with Gasteiger partial charge in [0.1, 0.15) is 0 Å². The van der Waals surface area contributed by atoms with Crippen molar-refractivity contribution in [3.63, 3.8) is 0 Å². The fraction of sp³-hybridized carbons (Fsp3) is 0.455. The lowest BCUT2D eigenvalue weighted by atomic mass is 9.88. The van der Waals surface area contributed by atoms with Gasteiger partial charge >= 0.3 is 0 Å². The van der Waals surface area contributed by atoms with E-state index >= 15 is 0 Å². The molecule has 0 spiro atoms. The third-order valence-corrected chi connectivity index (χ3v) is 3.08. The van der Waals surface area contributed by atoms with Crippen molar-refractivity contribution in [1.29, 1.82) is 0 Å². The highest BCUT2D eigenvalue weighted by atomic mass is 16.6. The van der Waals surface area contributed by atoms with E-state index in [1.54, 1.807) is 12.1 Å². The zero-order chi connectivity index (χ0) is 11.7. The number of nitro groups is 1. The summed E-state index contributed by atoms with van der Waals surface area (Å²) in [5, 5.41) is 10.7. The second kappa shape index (κ2) is 4.19. The Hall–Kier alpha value is -1.46. The van der Waals surface area contributed by atoms with Crippen molar-refractivity contribution in [2.24, 2.45) is 0 Å². The molecular weight excluding hydrogens is 206 g/mol. The summed E-state index contributed by atoms with van der Waals surface area (Å²) < 4.78 is 0. The van der Waals surface area contributed by atoms with Crippen molar-refractivity contribution in [1.82, 2.24) is 10.9 Å². The van der Waals surface area contributed by atoms with Crippen LogP contribution >= 0.6 is 0 Å². The molecule has 0 aliphatic carbocycles. The van der Waals surface area contributed by atoms with Gasteiger partial charge in [0.15, 0.2) is 0 Å². The molecule has 16 heavy (non-hydrogen) atoms. The Morgan fingerprint density at radius 2 is 1.88 bits per heavy atom. The maximum atomic E-state index is 10.7. The average Bonchev–Trinajstić information content (AvgIpc) is 2.59. The van der Waals surface area contributed by atoms with Crippen LogP contribution in [0.5, 0.6) is 0 Å². The second-order valence-electron chi connectivity index (χ2n) is 4.24. The SMILES string of the molecule is CC1NNC(C)C1c1cccc([N+](=O)[O-])c1. The fourth-order valence-corrected chi connectivity index (χ4v) is 2.30. The van der Waals surface area contributed by atoms with Crippen molar-refractivity contribution < 1.29 is 4.92 Å². The molecule has 1 heterocycles. The number of nitrogens with zero attached hydrogens (tertiary/aromatic N) is 1. The second-order valence-corrected chi connectivity index (χ2v) is 4.24. The van der Waals surface area contributed by atoms with Crippen LogP contribution in [0.25, 0.3) is 0 Å². The molecule has 5 heteroatoms. The van der Waals surface area contributed by atoms with Gasteiger partial charge in [-0.2, -0.15) is 0 Å². The normalized spacial score (nSPS) is 29.2. The highest BCUT2D eigenvalue weighted by Crippen LogP contribution is 2.29. The van der Waals surface area contributed by atoms with E-state index in [4.69, 9.17) is 0 Å². The number of hydrogen-bond acceptors (Lipinski definition) is 4. The zero-order valence-electron chi connectivity index (χ0n) is 9.31. The molecule has 0 saturated carbocycles. The largest absolute Gasteiger partial charge is 0.269 e. The van der Waals surface area contributed by atoms with E-state index in [2.05, 4.69) is 24.7 Å². The maximum absolute atomic E-state index is 10.7. The predicted molar refractivity (Wildman–Crippen MR) is 61.0 cm³/mol. The van der Waals surface area contributed by atoms with E-state index in [9.17, 15) is 10.1 Å². The van der Waals surface area contributed by atoms with Crippen molar-refractivity contribution in [3.8, 4) is 0 Å². The number of non-ortho nitro benzene ring substituents is 1. The molecule has 2 atom stereocenters. The Morgan fingerprint density at radius 1 is 1.25 bits per heavy atom. The highest BCUT2D eigenvalue weighted by molar-refractivity contribution is 5.37. The van der Waals surface area contributed by atoms with E-state index in [0.29, 0.717) is 0 Å². The van der Waals surface area contributed by atoms with Gasteiger partial charge in [0, 0.05) is 30.1 Å². The molecule has 0 bridgehead atoms. The minimum atomic E-state index is -0.353. The molecule has 86 valence electrons. The number of nitro benzene ring substituents is 1. The summed E-state index contributed by atoms with van der Waals surface area (Å²) in [4.78, 5) is 10.4. The molecular formula is C11H15N3O2. The van der Waals surface area contributed by atoms with Crippen LogP contribution < -0.4 is 10.9 Å². The first-order chi connectivity index (χ1) is 7.59. The standard InChI is InChI=1S/C11H15N3O2/c1-7-11(8(2)13-12-7)9-4-3-5-10(6-9)14(15)16/h3-8,11-13H,1-2H3. The lowest BCUT2D eigenvalue weighted by Crippen LogP contribution is -2.30. The first-order valence-corrected chi connectivity index (χ1v) is 5.35. The summed E-state index contributed by atoms with van der Waals surface area (Å²) >= 11 is 0. The first-order valence-electron chi connectivity index (χ1n) is 5.35. The Balaban J connectivity index is 2.32. The quantitative estimate of drug-likeness (QED) is 0.587. The van der Waals surface area contributed by atoms with Crippen LogP contribution in [0.4, 0.5) is 5.69 Å². The molecule has 0 amide bonds. The van der Waals surface area contributed by atoms with Crippen LogP contribution in [-0.4, -0.2) is 17.0 Å². The molecule has 1 aromatic rings. The van der Waals surface area contributed by atoms with Crippen molar-refractivity contribution >= 4 is 5.69 Å². The molecule has 1 saturated heterocycles. The summed E-state index contributed by atoms with van der Waals surface area (Å²) in [7, 11) is 0. The molecule has 0 aromatic heterocycles. The van der Waals surface area contributed by atoms with Gasteiger partial charge in [-0.3, -0.25) is 21.0 Å². The van der Waals surface area contributed by atoms with Crippen molar-refractivity contribution in [3.05, 3.63) is 39.9 Å². The third kappa shape index (κ3) is 1.91. The number of hydrogen-bond donors (Lipinski definition) is 2. The Kier molecular flexibility index (Phi) is 2.89. The molecule has 5 nitrogen and oxygen atoms in total. The summed E-state index contributed by atoms with van der Waals surface area (Å²) in [6.45, 7) is 4.14. The van der Waals surface area contributed by atoms with E-state index in [1.165, 1.54) is 6.07 Å². The summed E-state index contributed by atoms with van der Waals surface area (Å²) in [6.07, 6.45) is 0. The Morgan fingerprint density at radius 3 is 2.44 bits per heavy atom. The van der Waals surface area contributed by atoms with Crippen LogP contribution in [0.3, 0.4) is 0 Å². The zero-order valence-corrected chi connectivity index (χ0v) is 9.31. The molecule has 1 aliphatic rings. The highest BCUT2D eigenvalue weighted by Gasteiger charge is 2.31. The molecule has 1 aliphatic heterocycles. The number of benzene rings is 1. The summed E-state index contributed by atoms with van der Waals surface area (Å²) in [5.41, 5.74) is 7.46. The van der Waals surface area contributed by atoms with Crippen LogP contribution in [0.2, 0.25) is 0 Å². The molecule has 0 radical (unpaired) electrons. The minimum absolute atomic E-state index is 0.156. The number of nitrogens with one attached hydrogen (secondary N) is 2. The van der Waals surface area contributed by atoms with Gasteiger partial charge in [-0.25, -0.2) is 0 Å². The van der Waals surface area contributed by atoms with Crippen LogP contribution in [-0.2, 0) is 0 Å². The summed E-state index contributed by atoms with van der Waals surface area (Å²) in [6, 6.07) is 7.42. The Bertz CT molecular complexity index is 398. The first kappa shape index (κ1) is 11.0. The van der Waals surface area contributed by atoms with E-state index in [1.807, 2.05) is 6.07 Å². The summed E-state index contributed by atoms with van der Waals surface area (Å²) in [5.74, 6) is 0.264. The molecule has 2 N–H and O–H groups in total. The Labute approximate surface area is 94.0 Å². The fourth-order valence-electron chi connectivity index (χ4n) is 2.30. The minimum Gasteiger partial charge on any atom is -0.258 e. The van der Waals surface area contributed by atoms with Gasteiger partial charge in [-0.15, -0.1) is 0 Å². The average molecular weight is 221 g/mol. The van der Waals surface area contributed by atoms with Crippen LogP contribution in [0.15, 0.2) is 24.3 Å². The third-order valence-electron chi connectivity index (χ3n) is 3.08. The molecule has 2 unspecified atom stereocenters. The monoisotopic (exact) mass is 221 g/mol. The van der Waals surface area contributed by atoms with Gasteiger partial charge in [0.05, 0.1) is 4.92 Å². The predicted octanol–water partition coefficient (Wildman–Crippen LogP) is 1.56. The number of rotatable bonds is 2. The molecule has 2 rings (SSSR count). The van der Waals surface area contributed by atoms with E-state index in [-0.39, 0.29) is 28.6 Å². The lowest BCUT2D eigenvalue weighted by molar-refractivity contribution is -0.384. The molecule has 1 fully saturated rings. The van der Waals surface area contributed by atoms with Gasteiger partial charge in [0.25, 0.3) is 5.69 Å². The van der Waals surface area contributed by atoms with Crippen molar-refractivity contribution in [2.75, 3.05) is 0 Å². The number of hydrazine groups is 1. The topological polar surface area (TPSA) is 67.2 Å². The van der Waals surface area contributed by atoms with E-state index < -0.39 is 0 Å². The van der Waals surface area contributed by atoms with Crippen LogP contribution in [0.1, 0.15) is 25.3 Å². The van der Waals surface area contributed by atoms with Crippen molar-refractivity contribution in [2.45, 2.75) is 31.8 Å². The van der Waals surface area contributed by atoms with E-state index in [0.717, 1.165) is 5.56 Å². The maximum Gasteiger partial charge on any atom is 0.269 e. The van der Waals surface area contributed by atoms with Gasteiger partial charge in [0.2, 0.25) is 0 Å². The van der Waals surface area contributed by atoms with Crippen LogP contribution in [0, 0.1) is 10.1 Å². The van der Waals surface area contributed by atoms with Gasteiger partial charge in [-0.1, -0.05) is 12.1 Å². The van der Waals surface area contributed by atoms with Gasteiger partial charge in [-0.05, 0) is 19.4 Å². The molecule has 1 aromatic carbocycles.